The van der Waals surface area contributed by atoms with Crippen LogP contribution in [0.4, 0.5) is 16.2 Å². The molecular weight excluding hydrogens is 238 g/mol. The summed E-state index contributed by atoms with van der Waals surface area (Å²) in [6, 6.07) is 4.78. The molecule has 1 saturated heterocycles. The first-order valence-electron chi connectivity index (χ1n) is 5.37. The molecule has 1 N–H and O–H groups in total. The summed E-state index contributed by atoms with van der Waals surface area (Å²) in [4.78, 5) is 34.5. The zero-order valence-corrected chi connectivity index (χ0v) is 9.62. The lowest BCUT2D eigenvalue weighted by Crippen LogP contribution is -2.54. The van der Waals surface area contributed by atoms with E-state index in [4.69, 9.17) is 0 Å². The van der Waals surface area contributed by atoms with Gasteiger partial charge >= 0.3 is 6.03 Å². The molecule has 2 rings (SSSR count). The molecule has 1 aliphatic rings. The molecule has 7 nitrogen and oxygen atoms in total. The van der Waals surface area contributed by atoms with Crippen LogP contribution in [0.5, 0.6) is 0 Å². The minimum absolute atomic E-state index is 0.0864. The highest BCUT2D eigenvalue weighted by atomic mass is 16.6. The Labute approximate surface area is 103 Å². The van der Waals surface area contributed by atoms with E-state index in [1.165, 1.54) is 24.3 Å². The lowest BCUT2D eigenvalue weighted by molar-refractivity contribution is -0.384. The van der Waals surface area contributed by atoms with E-state index >= 15 is 0 Å². The number of carbonyl (C=O) groups is 2. The monoisotopic (exact) mass is 249 g/mol. The molecule has 94 valence electrons. The van der Waals surface area contributed by atoms with Crippen LogP contribution >= 0.6 is 0 Å². The second-order valence-corrected chi connectivity index (χ2v) is 4.03. The minimum Gasteiger partial charge on any atom is -0.337 e. The van der Waals surface area contributed by atoms with Gasteiger partial charge in [0.15, 0.2) is 0 Å². The van der Waals surface area contributed by atoms with Crippen LogP contribution in [0.25, 0.3) is 0 Å². The van der Waals surface area contributed by atoms with E-state index < -0.39 is 11.0 Å². The van der Waals surface area contributed by atoms with E-state index in [0.29, 0.717) is 12.2 Å². The topological polar surface area (TPSA) is 92.6 Å². The molecule has 1 aromatic rings. The van der Waals surface area contributed by atoms with Crippen molar-refractivity contribution in [2.45, 2.75) is 6.92 Å². The molecule has 3 amide bonds. The molecule has 0 bridgehead atoms. The number of nitrogens with zero attached hydrogens (tertiary/aromatic N) is 2. The lowest BCUT2D eigenvalue weighted by Gasteiger charge is -2.29. The van der Waals surface area contributed by atoms with E-state index in [2.05, 4.69) is 5.32 Å². The first-order valence-corrected chi connectivity index (χ1v) is 5.37. The predicted molar refractivity (Wildman–Crippen MR) is 63.1 cm³/mol. The molecule has 1 heterocycles. The van der Waals surface area contributed by atoms with Gasteiger partial charge in [0, 0.05) is 18.7 Å². The third-order valence-electron chi connectivity index (χ3n) is 2.72. The maximum atomic E-state index is 11.9. The Bertz CT molecular complexity index is 512. The van der Waals surface area contributed by atoms with Crippen molar-refractivity contribution in [3.8, 4) is 0 Å². The van der Waals surface area contributed by atoms with Crippen LogP contribution in [0.2, 0.25) is 0 Å². The van der Waals surface area contributed by atoms with Gasteiger partial charge in [-0.15, -0.1) is 0 Å². The molecule has 1 aliphatic heterocycles. The van der Waals surface area contributed by atoms with Crippen molar-refractivity contribution in [3.63, 3.8) is 0 Å². The van der Waals surface area contributed by atoms with Gasteiger partial charge in [0.1, 0.15) is 0 Å². The van der Waals surface area contributed by atoms with Crippen LogP contribution in [-0.2, 0) is 4.79 Å². The molecule has 1 unspecified atom stereocenters. The summed E-state index contributed by atoms with van der Waals surface area (Å²) in [7, 11) is 0. The standard InChI is InChI=1S/C11H11N3O4/c1-7-6-12-11(16)13(10(7)15)8-2-4-9(5-3-8)14(17)18/h2-5,7H,6H2,1H3,(H,12,16). The van der Waals surface area contributed by atoms with Crippen LogP contribution in [0.1, 0.15) is 6.92 Å². The highest BCUT2D eigenvalue weighted by Gasteiger charge is 2.32. The van der Waals surface area contributed by atoms with Gasteiger partial charge in [-0.2, -0.15) is 0 Å². The molecule has 7 heteroatoms. The lowest BCUT2D eigenvalue weighted by atomic mass is 10.1. The average Bonchev–Trinajstić information content (AvgIpc) is 2.35. The van der Waals surface area contributed by atoms with Gasteiger partial charge in [-0.25, -0.2) is 9.69 Å². The number of urea groups is 1. The van der Waals surface area contributed by atoms with Gasteiger partial charge in [-0.05, 0) is 12.1 Å². The van der Waals surface area contributed by atoms with Gasteiger partial charge in [0.05, 0.1) is 16.5 Å². The van der Waals surface area contributed by atoms with Crippen molar-refractivity contribution in [2.24, 2.45) is 5.92 Å². The number of nitro groups is 1. The number of imide groups is 1. The Balaban J connectivity index is 2.32. The third-order valence-corrected chi connectivity index (χ3v) is 2.72. The average molecular weight is 249 g/mol. The summed E-state index contributed by atoms with van der Waals surface area (Å²) in [6.45, 7) is 2.02. The summed E-state index contributed by atoms with van der Waals surface area (Å²) in [6.07, 6.45) is 0. The molecule has 18 heavy (non-hydrogen) atoms. The van der Waals surface area contributed by atoms with Crippen LogP contribution in [0, 0.1) is 16.0 Å². The zero-order chi connectivity index (χ0) is 13.3. The first-order chi connectivity index (χ1) is 8.50. The molecule has 0 saturated carbocycles. The smallest absolute Gasteiger partial charge is 0.328 e. The van der Waals surface area contributed by atoms with Gasteiger partial charge in [-0.1, -0.05) is 6.92 Å². The summed E-state index contributed by atoms with van der Waals surface area (Å²) < 4.78 is 0. The van der Waals surface area contributed by atoms with E-state index in [9.17, 15) is 19.7 Å². The fourth-order valence-electron chi connectivity index (χ4n) is 1.70. The summed E-state index contributed by atoms with van der Waals surface area (Å²) in [5.41, 5.74) is 0.242. The number of hydrogen-bond acceptors (Lipinski definition) is 4. The Hall–Kier alpha value is -2.44. The fraction of sp³-hybridized carbons (Fsp3) is 0.273. The third kappa shape index (κ3) is 2.02. The molecule has 0 radical (unpaired) electrons. The predicted octanol–water partition coefficient (Wildman–Crippen LogP) is 1.29. The number of amides is 3. The van der Waals surface area contributed by atoms with E-state index in [0.717, 1.165) is 4.90 Å². The number of benzene rings is 1. The van der Waals surface area contributed by atoms with Crippen molar-refractivity contribution < 1.29 is 14.5 Å². The van der Waals surface area contributed by atoms with Gasteiger partial charge in [-0.3, -0.25) is 14.9 Å². The van der Waals surface area contributed by atoms with Gasteiger partial charge < -0.3 is 5.32 Å². The number of nitrogens with one attached hydrogen (secondary N) is 1. The molecular formula is C11H11N3O4. The number of nitro benzene ring substituents is 1. The number of hydrogen-bond donors (Lipinski definition) is 1. The molecule has 1 fully saturated rings. The van der Waals surface area contributed by atoms with Crippen LogP contribution in [-0.4, -0.2) is 23.4 Å². The first kappa shape index (κ1) is 12.0. The molecule has 1 aromatic carbocycles. The Morgan fingerprint density at radius 3 is 2.50 bits per heavy atom. The van der Waals surface area contributed by atoms with Crippen LogP contribution in [0.3, 0.4) is 0 Å². The zero-order valence-electron chi connectivity index (χ0n) is 9.62. The number of carbonyl (C=O) groups excluding carboxylic acids is 2. The molecule has 1 atom stereocenters. The normalized spacial score (nSPS) is 19.6. The maximum absolute atomic E-state index is 11.9. The van der Waals surface area contributed by atoms with Crippen molar-refractivity contribution in [2.75, 3.05) is 11.4 Å². The van der Waals surface area contributed by atoms with Crippen molar-refractivity contribution >= 4 is 23.3 Å². The van der Waals surface area contributed by atoms with E-state index in [-0.39, 0.29) is 17.5 Å². The molecule has 0 aliphatic carbocycles. The molecule has 0 aromatic heterocycles. The Morgan fingerprint density at radius 1 is 1.33 bits per heavy atom. The van der Waals surface area contributed by atoms with Crippen molar-refractivity contribution in [1.82, 2.24) is 5.32 Å². The second kappa shape index (κ2) is 4.44. The quantitative estimate of drug-likeness (QED) is 0.631. The van der Waals surface area contributed by atoms with Crippen molar-refractivity contribution in [1.29, 1.82) is 0 Å². The summed E-state index contributed by atoms with van der Waals surface area (Å²) in [5.74, 6) is -0.620. The number of rotatable bonds is 2. The van der Waals surface area contributed by atoms with Crippen molar-refractivity contribution in [3.05, 3.63) is 34.4 Å². The number of non-ortho nitro benzene ring substituents is 1. The minimum atomic E-state index is -0.537. The molecule has 0 spiro atoms. The second-order valence-electron chi connectivity index (χ2n) is 4.03. The van der Waals surface area contributed by atoms with E-state index in [1.807, 2.05) is 0 Å². The highest BCUT2D eigenvalue weighted by Crippen LogP contribution is 2.22. The highest BCUT2D eigenvalue weighted by molar-refractivity contribution is 6.16. The van der Waals surface area contributed by atoms with Crippen LogP contribution < -0.4 is 10.2 Å². The maximum Gasteiger partial charge on any atom is 0.328 e. The SMILES string of the molecule is CC1CNC(=O)N(c2ccc([N+](=O)[O-])cc2)C1=O. The summed E-state index contributed by atoms with van der Waals surface area (Å²) >= 11 is 0. The largest absolute Gasteiger partial charge is 0.337 e. The van der Waals surface area contributed by atoms with Gasteiger partial charge in [0.2, 0.25) is 5.91 Å². The fourth-order valence-corrected chi connectivity index (χ4v) is 1.70. The summed E-state index contributed by atoms with van der Waals surface area (Å²) in [5, 5.41) is 13.1. The Kier molecular flexibility index (Phi) is 2.97. The van der Waals surface area contributed by atoms with Gasteiger partial charge in [0.25, 0.3) is 5.69 Å². The number of anilines is 1. The van der Waals surface area contributed by atoms with E-state index in [1.54, 1.807) is 6.92 Å². The Morgan fingerprint density at radius 2 is 1.94 bits per heavy atom. The van der Waals surface area contributed by atoms with Crippen LogP contribution in [0.15, 0.2) is 24.3 Å².